The van der Waals surface area contributed by atoms with Gasteiger partial charge in [0.05, 0.1) is 17.4 Å². The molecule has 31 heavy (non-hydrogen) atoms. The van der Waals surface area contributed by atoms with Crippen LogP contribution in [0.25, 0.3) is 22.8 Å². The molecule has 3 aromatic rings. The Morgan fingerprint density at radius 2 is 1.94 bits per heavy atom. The van der Waals surface area contributed by atoms with Crippen molar-refractivity contribution in [1.29, 1.82) is 0 Å². The van der Waals surface area contributed by atoms with Gasteiger partial charge in [0, 0.05) is 24.2 Å². The van der Waals surface area contributed by atoms with E-state index in [1.54, 1.807) is 19.1 Å². The summed E-state index contributed by atoms with van der Waals surface area (Å²) in [6.45, 7) is 2.49. The van der Waals surface area contributed by atoms with Crippen molar-refractivity contribution in [1.82, 2.24) is 14.4 Å². The van der Waals surface area contributed by atoms with Gasteiger partial charge in [-0.3, -0.25) is 4.79 Å². The number of piperidine rings is 1. The molecule has 0 amide bonds. The van der Waals surface area contributed by atoms with Crippen molar-refractivity contribution >= 4 is 16.0 Å². The van der Waals surface area contributed by atoms with Crippen LogP contribution >= 0.6 is 0 Å². The Bertz CT molecular complexity index is 1160. The van der Waals surface area contributed by atoms with E-state index < -0.39 is 15.9 Å². The van der Waals surface area contributed by atoms with Gasteiger partial charge >= 0.3 is 5.97 Å². The number of rotatable bonds is 6. The molecule has 1 aliphatic rings. The molecule has 2 aromatic carbocycles. The lowest BCUT2D eigenvalue weighted by molar-refractivity contribution is -0.149. The minimum atomic E-state index is -3.78. The van der Waals surface area contributed by atoms with E-state index in [-0.39, 0.29) is 29.9 Å². The van der Waals surface area contributed by atoms with Gasteiger partial charge in [0.1, 0.15) is 0 Å². The summed E-state index contributed by atoms with van der Waals surface area (Å²) >= 11 is 0. The number of carbonyl (C=O) groups is 1. The van der Waals surface area contributed by atoms with Gasteiger partial charge in [-0.15, -0.1) is 0 Å². The van der Waals surface area contributed by atoms with Crippen molar-refractivity contribution < 1.29 is 22.5 Å². The Labute approximate surface area is 180 Å². The fraction of sp³-hybridized carbons (Fsp3) is 0.318. The van der Waals surface area contributed by atoms with E-state index in [4.69, 9.17) is 9.26 Å². The number of benzene rings is 2. The van der Waals surface area contributed by atoms with Gasteiger partial charge in [-0.25, -0.2) is 8.42 Å². The molecule has 9 heteroatoms. The lowest BCUT2D eigenvalue weighted by Gasteiger charge is -2.30. The smallest absolute Gasteiger partial charge is 0.310 e. The molecule has 1 fully saturated rings. The number of hydrogen-bond acceptors (Lipinski definition) is 7. The second kappa shape index (κ2) is 8.99. The summed E-state index contributed by atoms with van der Waals surface area (Å²) in [4.78, 5) is 16.6. The summed E-state index contributed by atoms with van der Waals surface area (Å²) in [7, 11) is -3.78. The lowest BCUT2D eigenvalue weighted by Crippen LogP contribution is -2.42. The Morgan fingerprint density at radius 3 is 2.71 bits per heavy atom. The summed E-state index contributed by atoms with van der Waals surface area (Å²) in [6, 6.07) is 15.8. The molecule has 0 radical (unpaired) electrons. The number of sulfonamides is 1. The van der Waals surface area contributed by atoms with Gasteiger partial charge in [0.2, 0.25) is 15.8 Å². The highest BCUT2D eigenvalue weighted by atomic mass is 32.2. The van der Waals surface area contributed by atoms with Gasteiger partial charge in [-0.2, -0.15) is 9.29 Å². The van der Waals surface area contributed by atoms with Crippen LogP contribution in [0, 0.1) is 5.92 Å². The van der Waals surface area contributed by atoms with Gasteiger partial charge in [-0.05, 0) is 38.0 Å². The first-order valence-corrected chi connectivity index (χ1v) is 11.6. The third kappa shape index (κ3) is 4.52. The summed E-state index contributed by atoms with van der Waals surface area (Å²) in [5, 5.41) is 3.99. The third-order valence-corrected chi connectivity index (χ3v) is 7.04. The average molecular weight is 442 g/mol. The van der Waals surface area contributed by atoms with Crippen LogP contribution in [0.5, 0.6) is 0 Å². The van der Waals surface area contributed by atoms with Crippen molar-refractivity contribution in [3.05, 3.63) is 54.6 Å². The Balaban J connectivity index is 1.58. The first-order chi connectivity index (χ1) is 15.0. The second-order valence-corrected chi connectivity index (χ2v) is 9.21. The molecule has 2 heterocycles. The minimum absolute atomic E-state index is 0.115. The molecule has 1 saturated heterocycles. The minimum Gasteiger partial charge on any atom is -0.466 e. The average Bonchev–Trinajstić information content (AvgIpc) is 3.30. The first kappa shape index (κ1) is 21.2. The molecule has 1 aliphatic heterocycles. The number of aromatic nitrogens is 2. The maximum atomic E-state index is 13.2. The van der Waals surface area contributed by atoms with E-state index >= 15 is 0 Å². The normalized spacial score (nSPS) is 17.4. The predicted molar refractivity (Wildman–Crippen MR) is 113 cm³/mol. The largest absolute Gasteiger partial charge is 0.466 e. The predicted octanol–water partition coefficient (Wildman–Crippen LogP) is 3.37. The summed E-state index contributed by atoms with van der Waals surface area (Å²) in [5.41, 5.74) is 1.31. The molecular weight excluding hydrogens is 418 g/mol. The van der Waals surface area contributed by atoms with Gasteiger partial charge in [0.25, 0.3) is 5.89 Å². The SMILES string of the molecule is CCOC(=O)[C@@H]1CCCN(S(=O)(=O)c2cccc(-c3nc(-c4ccccc4)no3)c2)C1. The van der Waals surface area contributed by atoms with E-state index in [2.05, 4.69) is 10.1 Å². The zero-order chi connectivity index (χ0) is 21.8. The highest BCUT2D eigenvalue weighted by Crippen LogP contribution is 2.28. The summed E-state index contributed by atoms with van der Waals surface area (Å²) < 4.78 is 38.2. The number of nitrogens with zero attached hydrogens (tertiary/aromatic N) is 3. The first-order valence-electron chi connectivity index (χ1n) is 10.2. The van der Waals surface area contributed by atoms with E-state index in [0.717, 1.165) is 5.56 Å². The lowest BCUT2D eigenvalue weighted by atomic mass is 10.0. The zero-order valence-electron chi connectivity index (χ0n) is 17.1. The molecule has 1 aromatic heterocycles. The van der Waals surface area contributed by atoms with Crippen molar-refractivity contribution in [3.63, 3.8) is 0 Å². The summed E-state index contributed by atoms with van der Waals surface area (Å²) in [5.74, 6) is -0.136. The molecule has 0 unspecified atom stereocenters. The van der Waals surface area contributed by atoms with Crippen molar-refractivity contribution in [2.24, 2.45) is 5.92 Å². The van der Waals surface area contributed by atoms with E-state index in [0.29, 0.717) is 30.8 Å². The quantitative estimate of drug-likeness (QED) is 0.540. The number of carbonyl (C=O) groups excluding carboxylic acids is 1. The molecule has 162 valence electrons. The van der Waals surface area contributed by atoms with Crippen molar-refractivity contribution in [2.45, 2.75) is 24.7 Å². The van der Waals surface area contributed by atoms with Crippen molar-refractivity contribution in [2.75, 3.05) is 19.7 Å². The summed E-state index contributed by atoms with van der Waals surface area (Å²) in [6.07, 6.45) is 1.22. The zero-order valence-corrected chi connectivity index (χ0v) is 17.9. The van der Waals surface area contributed by atoms with Crippen LogP contribution in [0.3, 0.4) is 0 Å². The fourth-order valence-corrected chi connectivity index (χ4v) is 5.17. The van der Waals surface area contributed by atoms with Gasteiger partial charge in [0.15, 0.2) is 0 Å². The molecule has 8 nitrogen and oxygen atoms in total. The number of ether oxygens (including phenoxy) is 1. The highest BCUT2D eigenvalue weighted by Gasteiger charge is 2.34. The van der Waals surface area contributed by atoms with E-state index in [9.17, 15) is 13.2 Å². The molecule has 0 saturated carbocycles. The molecule has 4 rings (SSSR count). The number of hydrogen-bond donors (Lipinski definition) is 0. The maximum absolute atomic E-state index is 13.2. The maximum Gasteiger partial charge on any atom is 0.310 e. The van der Waals surface area contributed by atoms with Crippen LogP contribution in [0.2, 0.25) is 0 Å². The molecule has 0 N–H and O–H groups in total. The van der Waals surface area contributed by atoms with Crippen LogP contribution in [-0.4, -0.2) is 48.5 Å². The van der Waals surface area contributed by atoms with Gasteiger partial charge < -0.3 is 9.26 Å². The highest BCUT2D eigenvalue weighted by molar-refractivity contribution is 7.89. The second-order valence-electron chi connectivity index (χ2n) is 7.27. The van der Waals surface area contributed by atoms with E-state index in [1.807, 2.05) is 30.3 Å². The molecule has 0 aliphatic carbocycles. The molecular formula is C22H23N3O5S. The Kier molecular flexibility index (Phi) is 6.15. The molecule has 0 bridgehead atoms. The van der Waals surface area contributed by atoms with Crippen LogP contribution in [0.15, 0.2) is 64.0 Å². The van der Waals surface area contributed by atoms with Gasteiger partial charge in [-0.1, -0.05) is 41.6 Å². The molecule has 0 spiro atoms. The Hall–Kier alpha value is -3.04. The topological polar surface area (TPSA) is 103 Å². The van der Waals surface area contributed by atoms with Crippen LogP contribution in [0.4, 0.5) is 0 Å². The molecule has 1 atom stereocenters. The Morgan fingerprint density at radius 1 is 1.16 bits per heavy atom. The van der Waals surface area contributed by atoms with Crippen LogP contribution in [-0.2, 0) is 19.6 Å². The van der Waals surface area contributed by atoms with E-state index in [1.165, 1.54) is 16.4 Å². The fourth-order valence-electron chi connectivity index (χ4n) is 3.60. The number of esters is 1. The monoisotopic (exact) mass is 441 g/mol. The van der Waals surface area contributed by atoms with Crippen LogP contribution in [0.1, 0.15) is 19.8 Å². The third-order valence-electron chi connectivity index (χ3n) is 5.18. The van der Waals surface area contributed by atoms with Crippen LogP contribution < -0.4 is 0 Å². The van der Waals surface area contributed by atoms with Crippen molar-refractivity contribution in [3.8, 4) is 22.8 Å². The standard InChI is InChI=1S/C22H23N3O5S/c1-2-29-22(26)18-11-7-13-25(15-18)31(27,28)19-12-6-10-17(14-19)21-23-20(24-30-21)16-8-4-3-5-9-16/h3-6,8-10,12,14,18H,2,7,11,13,15H2,1H3/t18-/m1/s1.